The molecule has 6 heteroatoms. The maximum Gasteiger partial charge on any atom is 0.202 e. The molecule has 3 rings (SSSR count). The first kappa shape index (κ1) is 10.2. The Balaban J connectivity index is 2.08. The first-order valence-electron chi connectivity index (χ1n) is 5.22. The summed E-state index contributed by atoms with van der Waals surface area (Å²) in [5.41, 5.74) is 7.52. The highest BCUT2D eigenvalue weighted by molar-refractivity contribution is 7.11. The fourth-order valence-corrected chi connectivity index (χ4v) is 2.52. The summed E-state index contributed by atoms with van der Waals surface area (Å²) in [6.45, 7) is 2.66. The summed E-state index contributed by atoms with van der Waals surface area (Å²) < 4.78 is 1.88. The van der Waals surface area contributed by atoms with E-state index in [1.165, 1.54) is 4.88 Å². The van der Waals surface area contributed by atoms with E-state index in [1.807, 2.05) is 29.8 Å². The lowest BCUT2D eigenvalue weighted by Crippen LogP contribution is -2.04. The number of thiazole rings is 1. The van der Waals surface area contributed by atoms with E-state index >= 15 is 0 Å². The highest BCUT2D eigenvalue weighted by Gasteiger charge is 2.10. The van der Waals surface area contributed by atoms with E-state index in [0.717, 1.165) is 16.2 Å². The van der Waals surface area contributed by atoms with Gasteiger partial charge in [0.05, 0.1) is 6.54 Å². The molecule has 0 atom stereocenters. The Bertz CT molecular complexity index is 669. The molecule has 0 bridgehead atoms. The number of pyridine rings is 1. The summed E-state index contributed by atoms with van der Waals surface area (Å²) in [7, 11) is 0. The Hall–Kier alpha value is -1.95. The molecule has 0 radical (unpaired) electrons. The molecule has 0 unspecified atom stereocenters. The van der Waals surface area contributed by atoms with Crippen LogP contribution in [0.4, 0.5) is 5.95 Å². The standard InChI is InChI=1S/C11H11N5S/c1-7-5-14-9(17-7)6-16-10-8(15-11(16)12)3-2-4-13-10/h2-5H,6H2,1H3,(H2,12,15). The van der Waals surface area contributed by atoms with Gasteiger partial charge in [-0.25, -0.2) is 15.0 Å². The van der Waals surface area contributed by atoms with Crippen molar-refractivity contribution in [2.24, 2.45) is 0 Å². The van der Waals surface area contributed by atoms with E-state index in [0.29, 0.717) is 12.5 Å². The number of rotatable bonds is 2. The number of hydrogen-bond donors (Lipinski definition) is 1. The van der Waals surface area contributed by atoms with Gasteiger partial charge in [0, 0.05) is 17.3 Å². The molecule has 86 valence electrons. The third-order valence-electron chi connectivity index (χ3n) is 2.50. The minimum absolute atomic E-state index is 0.478. The second-order valence-electron chi connectivity index (χ2n) is 3.77. The van der Waals surface area contributed by atoms with E-state index < -0.39 is 0 Å². The molecule has 0 aromatic carbocycles. The van der Waals surface area contributed by atoms with E-state index in [-0.39, 0.29) is 0 Å². The summed E-state index contributed by atoms with van der Waals surface area (Å²) in [5.74, 6) is 0.478. The van der Waals surface area contributed by atoms with Crippen LogP contribution in [-0.2, 0) is 6.54 Å². The van der Waals surface area contributed by atoms with Crippen molar-refractivity contribution >= 4 is 28.4 Å². The third-order valence-corrected chi connectivity index (χ3v) is 3.39. The fraction of sp³-hybridized carbons (Fsp3) is 0.182. The van der Waals surface area contributed by atoms with Crippen LogP contribution >= 0.6 is 11.3 Å². The van der Waals surface area contributed by atoms with Gasteiger partial charge in [0.25, 0.3) is 0 Å². The van der Waals surface area contributed by atoms with Crippen LogP contribution in [0, 0.1) is 6.92 Å². The van der Waals surface area contributed by atoms with Gasteiger partial charge in [-0.05, 0) is 19.1 Å². The minimum atomic E-state index is 0.478. The first-order valence-corrected chi connectivity index (χ1v) is 6.04. The largest absolute Gasteiger partial charge is 0.369 e. The predicted octanol–water partition coefficient (Wildman–Crippen LogP) is 1.83. The average Bonchev–Trinajstić information content (AvgIpc) is 2.85. The molecule has 17 heavy (non-hydrogen) atoms. The van der Waals surface area contributed by atoms with E-state index in [4.69, 9.17) is 5.73 Å². The average molecular weight is 245 g/mol. The predicted molar refractivity (Wildman–Crippen MR) is 67.9 cm³/mol. The molecule has 3 heterocycles. The fourth-order valence-electron chi connectivity index (χ4n) is 1.74. The number of imidazole rings is 1. The second kappa shape index (κ2) is 3.81. The molecule has 0 spiro atoms. The normalized spacial score (nSPS) is 11.1. The number of anilines is 1. The van der Waals surface area contributed by atoms with E-state index in [2.05, 4.69) is 15.0 Å². The Kier molecular flexibility index (Phi) is 2.29. The highest BCUT2D eigenvalue weighted by atomic mass is 32.1. The molecule has 0 fully saturated rings. The molecule has 0 saturated heterocycles. The first-order chi connectivity index (χ1) is 8.24. The minimum Gasteiger partial charge on any atom is -0.369 e. The zero-order valence-electron chi connectivity index (χ0n) is 9.29. The number of fused-ring (bicyclic) bond motifs is 1. The van der Waals surface area contributed by atoms with Crippen molar-refractivity contribution in [3.8, 4) is 0 Å². The molecule has 0 aliphatic heterocycles. The van der Waals surface area contributed by atoms with Crippen LogP contribution < -0.4 is 5.73 Å². The monoisotopic (exact) mass is 245 g/mol. The van der Waals surface area contributed by atoms with Crippen LogP contribution in [0.15, 0.2) is 24.5 Å². The molecule has 3 aromatic heterocycles. The molecular weight excluding hydrogens is 234 g/mol. The van der Waals surface area contributed by atoms with Gasteiger partial charge < -0.3 is 5.73 Å². The summed E-state index contributed by atoms with van der Waals surface area (Å²) in [6.07, 6.45) is 3.61. The maximum absolute atomic E-state index is 5.90. The molecular formula is C11H11N5S. The number of aromatic nitrogens is 4. The summed E-state index contributed by atoms with van der Waals surface area (Å²) in [6, 6.07) is 3.76. The molecule has 3 aromatic rings. The molecule has 0 aliphatic rings. The lowest BCUT2D eigenvalue weighted by Gasteiger charge is -2.02. The zero-order chi connectivity index (χ0) is 11.8. The van der Waals surface area contributed by atoms with Crippen molar-refractivity contribution < 1.29 is 0 Å². The third kappa shape index (κ3) is 1.76. The summed E-state index contributed by atoms with van der Waals surface area (Å²) in [5, 5.41) is 1.01. The Morgan fingerprint density at radius 1 is 1.41 bits per heavy atom. The molecule has 2 N–H and O–H groups in total. The Morgan fingerprint density at radius 3 is 3.06 bits per heavy atom. The van der Waals surface area contributed by atoms with E-state index in [1.54, 1.807) is 17.5 Å². The number of nitrogens with two attached hydrogens (primary N) is 1. The second-order valence-corrected chi connectivity index (χ2v) is 5.09. The van der Waals surface area contributed by atoms with Crippen LogP contribution in [-0.4, -0.2) is 19.5 Å². The van der Waals surface area contributed by atoms with Gasteiger partial charge in [0.2, 0.25) is 5.95 Å². The van der Waals surface area contributed by atoms with Crippen LogP contribution in [0.3, 0.4) is 0 Å². The van der Waals surface area contributed by atoms with Gasteiger partial charge in [0.1, 0.15) is 10.5 Å². The summed E-state index contributed by atoms with van der Waals surface area (Å²) in [4.78, 5) is 14.1. The maximum atomic E-state index is 5.90. The number of nitrogens with zero attached hydrogens (tertiary/aromatic N) is 4. The van der Waals surface area contributed by atoms with Crippen molar-refractivity contribution in [1.29, 1.82) is 0 Å². The Morgan fingerprint density at radius 2 is 2.29 bits per heavy atom. The van der Waals surface area contributed by atoms with Crippen molar-refractivity contribution in [3.05, 3.63) is 34.4 Å². The molecule has 0 amide bonds. The topological polar surface area (TPSA) is 69.6 Å². The zero-order valence-corrected chi connectivity index (χ0v) is 10.1. The van der Waals surface area contributed by atoms with E-state index in [9.17, 15) is 0 Å². The number of hydrogen-bond acceptors (Lipinski definition) is 5. The van der Waals surface area contributed by atoms with Crippen molar-refractivity contribution in [2.75, 3.05) is 5.73 Å². The highest BCUT2D eigenvalue weighted by Crippen LogP contribution is 2.19. The smallest absolute Gasteiger partial charge is 0.202 e. The van der Waals surface area contributed by atoms with Gasteiger partial charge in [-0.15, -0.1) is 11.3 Å². The van der Waals surface area contributed by atoms with Crippen LogP contribution in [0.25, 0.3) is 11.2 Å². The van der Waals surface area contributed by atoms with Crippen LogP contribution in [0.1, 0.15) is 9.88 Å². The van der Waals surface area contributed by atoms with Gasteiger partial charge in [-0.2, -0.15) is 0 Å². The van der Waals surface area contributed by atoms with Gasteiger partial charge in [-0.3, -0.25) is 4.57 Å². The molecule has 0 aliphatic carbocycles. The van der Waals surface area contributed by atoms with Gasteiger partial charge >= 0.3 is 0 Å². The van der Waals surface area contributed by atoms with Crippen molar-refractivity contribution in [2.45, 2.75) is 13.5 Å². The number of aryl methyl sites for hydroxylation is 1. The van der Waals surface area contributed by atoms with Crippen LogP contribution in [0.5, 0.6) is 0 Å². The summed E-state index contributed by atoms with van der Waals surface area (Å²) >= 11 is 1.66. The quantitative estimate of drug-likeness (QED) is 0.747. The molecule has 0 saturated carbocycles. The number of nitrogen functional groups attached to an aromatic ring is 1. The van der Waals surface area contributed by atoms with Gasteiger partial charge in [0.15, 0.2) is 5.65 Å². The van der Waals surface area contributed by atoms with Crippen LogP contribution in [0.2, 0.25) is 0 Å². The van der Waals surface area contributed by atoms with Crippen molar-refractivity contribution in [1.82, 2.24) is 19.5 Å². The Labute approximate surface area is 102 Å². The lowest BCUT2D eigenvalue weighted by atomic mass is 10.4. The SMILES string of the molecule is Cc1cnc(Cn2c(N)nc3cccnc32)s1. The van der Waals surface area contributed by atoms with Crippen molar-refractivity contribution in [3.63, 3.8) is 0 Å². The molecule has 5 nitrogen and oxygen atoms in total. The lowest BCUT2D eigenvalue weighted by molar-refractivity contribution is 0.819. The van der Waals surface area contributed by atoms with Gasteiger partial charge in [-0.1, -0.05) is 0 Å².